The summed E-state index contributed by atoms with van der Waals surface area (Å²) in [7, 11) is 0. The molecule has 1 saturated heterocycles. The Labute approximate surface area is 85.3 Å². The van der Waals surface area contributed by atoms with Crippen LogP contribution in [0.15, 0.2) is 0 Å². The van der Waals surface area contributed by atoms with Crippen molar-refractivity contribution in [3.63, 3.8) is 0 Å². The molecule has 0 aliphatic carbocycles. The predicted octanol–water partition coefficient (Wildman–Crippen LogP) is 0.914. The van der Waals surface area contributed by atoms with Crippen LogP contribution in [0, 0.1) is 5.41 Å². The van der Waals surface area contributed by atoms with E-state index in [0.29, 0.717) is 13.2 Å². The molecule has 0 spiro atoms. The van der Waals surface area contributed by atoms with Gasteiger partial charge in [0.1, 0.15) is 0 Å². The Morgan fingerprint density at radius 1 is 1.36 bits per heavy atom. The van der Waals surface area contributed by atoms with E-state index in [9.17, 15) is 4.79 Å². The van der Waals surface area contributed by atoms with Crippen LogP contribution in [-0.4, -0.2) is 29.7 Å². The molecule has 14 heavy (non-hydrogen) atoms. The van der Waals surface area contributed by atoms with Crippen molar-refractivity contribution in [1.29, 1.82) is 0 Å². The van der Waals surface area contributed by atoms with Crippen LogP contribution in [0.4, 0.5) is 0 Å². The fraction of sp³-hybridized carbons (Fsp3) is 0.900. The Morgan fingerprint density at radius 2 is 1.93 bits per heavy atom. The van der Waals surface area contributed by atoms with E-state index in [1.807, 2.05) is 27.7 Å². The van der Waals surface area contributed by atoms with Gasteiger partial charge in [0.15, 0.2) is 0 Å². The zero-order valence-electron chi connectivity index (χ0n) is 9.46. The van der Waals surface area contributed by atoms with Crippen LogP contribution < -0.4 is 5.73 Å². The standard InChI is InChI=1S/C10H20N2O2/c1-9(2,10(3,4)11)8(13)12-6-5-7-14-12/h5-7,11H2,1-4H3. The van der Waals surface area contributed by atoms with Gasteiger partial charge in [0, 0.05) is 5.54 Å². The Balaban J connectivity index is 2.76. The highest BCUT2D eigenvalue weighted by Gasteiger charge is 2.43. The molecule has 4 heteroatoms. The molecule has 0 unspecified atom stereocenters. The lowest BCUT2D eigenvalue weighted by molar-refractivity contribution is -0.181. The highest BCUT2D eigenvalue weighted by molar-refractivity contribution is 5.82. The maximum atomic E-state index is 12.0. The molecule has 82 valence electrons. The van der Waals surface area contributed by atoms with Gasteiger partial charge in [-0.25, -0.2) is 5.06 Å². The second-order valence-electron chi connectivity index (χ2n) is 4.94. The molecule has 0 bridgehead atoms. The van der Waals surface area contributed by atoms with Crippen molar-refractivity contribution in [2.75, 3.05) is 13.2 Å². The monoisotopic (exact) mass is 200 g/mol. The van der Waals surface area contributed by atoms with Crippen LogP contribution in [0.25, 0.3) is 0 Å². The van der Waals surface area contributed by atoms with E-state index >= 15 is 0 Å². The second-order valence-corrected chi connectivity index (χ2v) is 4.94. The molecule has 1 amide bonds. The number of carbonyl (C=O) groups is 1. The molecular formula is C10H20N2O2. The Hall–Kier alpha value is -0.610. The summed E-state index contributed by atoms with van der Waals surface area (Å²) in [6.45, 7) is 8.75. The summed E-state index contributed by atoms with van der Waals surface area (Å²) in [5.74, 6) is -0.0255. The van der Waals surface area contributed by atoms with E-state index in [2.05, 4.69) is 0 Å². The van der Waals surface area contributed by atoms with Gasteiger partial charge in [0.25, 0.3) is 5.91 Å². The molecule has 0 atom stereocenters. The number of carbonyl (C=O) groups excluding carboxylic acids is 1. The van der Waals surface area contributed by atoms with Gasteiger partial charge in [-0.2, -0.15) is 0 Å². The maximum Gasteiger partial charge on any atom is 0.253 e. The van der Waals surface area contributed by atoms with Gasteiger partial charge >= 0.3 is 0 Å². The quantitative estimate of drug-likeness (QED) is 0.721. The maximum absolute atomic E-state index is 12.0. The van der Waals surface area contributed by atoms with Gasteiger partial charge in [-0.3, -0.25) is 9.63 Å². The first-order chi connectivity index (χ1) is 6.27. The smallest absolute Gasteiger partial charge is 0.253 e. The van der Waals surface area contributed by atoms with Crippen LogP contribution in [0.2, 0.25) is 0 Å². The lowest BCUT2D eigenvalue weighted by Crippen LogP contribution is -2.55. The van der Waals surface area contributed by atoms with E-state index in [-0.39, 0.29) is 5.91 Å². The summed E-state index contributed by atoms with van der Waals surface area (Å²) in [5.41, 5.74) is 4.83. The molecule has 0 aromatic carbocycles. The third-order valence-corrected chi connectivity index (χ3v) is 3.12. The summed E-state index contributed by atoms with van der Waals surface area (Å²) in [4.78, 5) is 17.3. The largest absolute Gasteiger partial charge is 0.325 e. The lowest BCUT2D eigenvalue weighted by atomic mass is 9.74. The third-order valence-electron chi connectivity index (χ3n) is 3.12. The van der Waals surface area contributed by atoms with Gasteiger partial charge in [0.05, 0.1) is 18.6 Å². The van der Waals surface area contributed by atoms with Crippen molar-refractivity contribution in [1.82, 2.24) is 5.06 Å². The predicted molar refractivity (Wildman–Crippen MR) is 54.3 cm³/mol. The SMILES string of the molecule is CC(C)(N)C(C)(C)C(=O)N1CCCO1. The van der Waals surface area contributed by atoms with Crippen molar-refractivity contribution in [2.24, 2.45) is 11.1 Å². The number of nitrogens with two attached hydrogens (primary N) is 1. The topological polar surface area (TPSA) is 55.6 Å². The van der Waals surface area contributed by atoms with Crippen molar-refractivity contribution in [3.8, 4) is 0 Å². The molecule has 0 aromatic heterocycles. The summed E-state index contributed by atoms with van der Waals surface area (Å²) in [5, 5.41) is 1.44. The Kier molecular flexibility index (Phi) is 2.88. The average molecular weight is 200 g/mol. The molecule has 2 N–H and O–H groups in total. The van der Waals surface area contributed by atoms with E-state index < -0.39 is 11.0 Å². The minimum atomic E-state index is -0.600. The highest BCUT2D eigenvalue weighted by atomic mass is 16.7. The minimum Gasteiger partial charge on any atom is -0.325 e. The number of nitrogens with zero attached hydrogens (tertiary/aromatic N) is 1. The molecule has 0 saturated carbocycles. The second kappa shape index (κ2) is 3.51. The summed E-state index contributed by atoms with van der Waals surface area (Å²) in [6, 6.07) is 0. The normalized spacial score (nSPS) is 18.8. The van der Waals surface area contributed by atoms with Crippen LogP contribution >= 0.6 is 0 Å². The first-order valence-electron chi connectivity index (χ1n) is 5.00. The molecule has 1 fully saturated rings. The Bertz CT molecular complexity index is 225. The van der Waals surface area contributed by atoms with Gasteiger partial charge in [-0.15, -0.1) is 0 Å². The zero-order valence-corrected chi connectivity index (χ0v) is 9.46. The van der Waals surface area contributed by atoms with Crippen molar-refractivity contribution >= 4 is 5.91 Å². The number of hydrogen-bond acceptors (Lipinski definition) is 3. The lowest BCUT2D eigenvalue weighted by Gasteiger charge is -2.38. The molecule has 1 rings (SSSR count). The fourth-order valence-corrected chi connectivity index (χ4v) is 1.19. The molecule has 1 aliphatic rings. The van der Waals surface area contributed by atoms with Crippen LogP contribution in [0.5, 0.6) is 0 Å². The molecule has 4 nitrogen and oxygen atoms in total. The molecule has 1 heterocycles. The third kappa shape index (κ3) is 1.91. The van der Waals surface area contributed by atoms with Gasteiger partial charge in [-0.05, 0) is 34.1 Å². The van der Waals surface area contributed by atoms with Crippen LogP contribution in [-0.2, 0) is 9.63 Å². The summed E-state index contributed by atoms with van der Waals surface area (Å²) >= 11 is 0. The average Bonchev–Trinajstić information content (AvgIpc) is 2.52. The number of hydrogen-bond donors (Lipinski definition) is 1. The van der Waals surface area contributed by atoms with Crippen LogP contribution in [0.1, 0.15) is 34.1 Å². The highest BCUT2D eigenvalue weighted by Crippen LogP contribution is 2.31. The summed E-state index contributed by atoms with van der Waals surface area (Å²) < 4.78 is 0. The van der Waals surface area contributed by atoms with Crippen LogP contribution in [0.3, 0.4) is 0 Å². The van der Waals surface area contributed by atoms with Gasteiger partial charge in [-0.1, -0.05) is 0 Å². The van der Waals surface area contributed by atoms with E-state index in [4.69, 9.17) is 10.6 Å². The molecule has 0 aromatic rings. The first kappa shape index (κ1) is 11.5. The number of amides is 1. The molecular weight excluding hydrogens is 180 g/mol. The van der Waals surface area contributed by atoms with E-state index in [1.165, 1.54) is 5.06 Å². The number of hydroxylamine groups is 2. The van der Waals surface area contributed by atoms with Crippen molar-refractivity contribution in [3.05, 3.63) is 0 Å². The van der Waals surface area contributed by atoms with E-state index in [0.717, 1.165) is 6.42 Å². The zero-order chi connectivity index (χ0) is 11.0. The van der Waals surface area contributed by atoms with Crippen molar-refractivity contribution < 1.29 is 9.63 Å². The molecule has 0 radical (unpaired) electrons. The first-order valence-corrected chi connectivity index (χ1v) is 5.00. The fourth-order valence-electron chi connectivity index (χ4n) is 1.19. The van der Waals surface area contributed by atoms with Gasteiger partial charge < -0.3 is 5.73 Å². The molecule has 1 aliphatic heterocycles. The van der Waals surface area contributed by atoms with Gasteiger partial charge in [0.2, 0.25) is 0 Å². The summed E-state index contributed by atoms with van der Waals surface area (Å²) in [6.07, 6.45) is 0.910. The van der Waals surface area contributed by atoms with E-state index in [1.54, 1.807) is 0 Å². The minimum absolute atomic E-state index is 0.0255. The van der Waals surface area contributed by atoms with Crippen molar-refractivity contribution in [2.45, 2.75) is 39.7 Å². The Morgan fingerprint density at radius 3 is 2.29 bits per heavy atom. The number of rotatable bonds is 2.